The second kappa shape index (κ2) is 7.22. The van der Waals surface area contributed by atoms with Crippen molar-refractivity contribution in [1.82, 2.24) is 4.57 Å². The lowest BCUT2D eigenvalue weighted by atomic mass is 9.93. The molecule has 1 aromatic carbocycles. The van der Waals surface area contributed by atoms with Gasteiger partial charge in [0, 0.05) is 12.5 Å². The number of rotatable bonds is 2. The number of ether oxygens (including phenoxy) is 1. The average Bonchev–Trinajstić information content (AvgIpc) is 2.93. The molecule has 2 heterocycles. The SMILES string of the molecule is CC(C)(C)OC(=O)Nc1ccc2n(c1=O)CC(c1cccc(C(F)(F)F)c1)C2O. The Balaban J connectivity index is 1.88. The zero-order chi connectivity index (χ0) is 21.6. The lowest BCUT2D eigenvalue weighted by molar-refractivity contribution is -0.137. The number of aliphatic hydroxyl groups excluding tert-OH is 1. The van der Waals surface area contributed by atoms with Gasteiger partial charge in [-0.25, -0.2) is 4.79 Å². The van der Waals surface area contributed by atoms with Crippen LogP contribution in [-0.4, -0.2) is 21.4 Å². The monoisotopic (exact) mass is 410 g/mol. The van der Waals surface area contributed by atoms with E-state index >= 15 is 0 Å². The highest BCUT2D eigenvalue weighted by atomic mass is 19.4. The molecule has 2 aromatic rings. The minimum absolute atomic E-state index is 0.0134. The Morgan fingerprint density at radius 1 is 1.21 bits per heavy atom. The zero-order valence-electron chi connectivity index (χ0n) is 16.1. The van der Waals surface area contributed by atoms with Gasteiger partial charge in [-0.2, -0.15) is 13.2 Å². The van der Waals surface area contributed by atoms with Gasteiger partial charge in [-0.3, -0.25) is 10.1 Å². The predicted molar refractivity (Wildman–Crippen MR) is 99.7 cm³/mol. The number of carbonyl (C=O) groups is 1. The summed E-state index contributed by atoms with van der Waals surface area (Å²) in [4.78, 5) is 24.6. The number of fused-ring (bicyclic) bond motifs is 1. The number of nitrogens with zero attached hydrogens (tertiary/aromatic N) is 1. The Kier molecular flexibility index (Phi) is 5.20. The van der Waals surface area contributed by atoms with E-state index in [1.165, 1.54) is 28.8 Å². The summed E-state index contributed by atoms with van der Waals surface area (Å²) in [5, 5.41) is 13.0. The highest BCUT2D eigenvalue weighted by Crippen LogP contribution is 2.39. The van der Waals surface area contributed by atoms with E-state index < -0.39 is 41.0 Å². The van der Waals surface area contributed by atoms with Crippen LogP contribution < -0.4 is 10.9 Å². The lowest BCUT2D eigenvalue weighted by Crippen LogP contribution is -2.31. The molecule has 9 heteroatoms. The number of anilines is 1. The minimum Gasteiger partial charge on any atom is -0.444 e. The number of benzene rings is 1. The normalized spacial score (nSPS) is 19.0. The third kappa shape index (κ3) is 4.45. The summed E-state index contributed by atoms with van der Waals surface area (Å²) in [5.41, 5.74) is -1.63. The summed E-state index contributed by atoms with van der Waals surface area (Å²) in [6, 6.07) is 7.49. The van der Waals surface area contributed by atoms with Crippen LogP contribution in [0.25, 0.3) is 0 Å². The fourth-order valence-electron chi connectivity index (χ4n) is 3.28. The van der Waals surface area contributed by atoms with E-state index in [4.69, 9.17) is 4.74 Å². The van der Waals surface area contributed by atoms with Crippen LogP contribution in [0, 0.1) is 0 Å². The summed E-state index contributed by atoms with van der Waals surface area (Å²) in [6.07, 6.45) is -6.46. The summed E-state index contributed by atoms with van der Waals surface area (Å²) < 4.78 is 45.4. The Labute approximate surface area is 164 Å². The van der Waals surface area contributed by atoms with Crippen molar-refractivity contribution in [3.05, 3.63) is 63.6 Å². The fraction of sp³-hybridized carbons (Fsp3) is 0.400. The van der Waals surface area contributed by atoms with Crippen LogP contribution in [0.1, 0.15) is 49.6 Å². The van der Waals surface area contributed by atoms with Crippen molar-refractivity contribution in [1.29, 1.82) is 0 Å². The molecule has 1 aliphatic rings. The molecule has 0 saturated carbocycles. The molecule has 29 heavy (non-hydrogen) atoms. The van der Waals surface area contributed by atoms with E-state index in [9.17, 15) is 27.9 Å². The summed E-state index contributed by atoms with van der Waals surface area (Å²) >= 11 is 0. The van der Waals surface area contributed by atoms with E-state index in [-0.39, 0.29) is 23.5 Å². The Bertz CT molecular complexity index is 992. The van der Waals surface area contributed by atoms with Crippen molar-refractivity contribution in [2.45, 2.75) is 51.1 Å². The molecule has 0 radical (unpaired) electrons. The number of alkyl halides is 3. The van der Waals surface area contributed by atoms with E-state index in [1.807, 2.05) is 0 Å². The zero-order valence-corrected chi connectivity index (χ0v) is 16.1. The van der Waals surface area contributed by atoms with Gasteiger partial charge in [-0.1, -0.05) is 18.2 Å². The van der Waals surface area contributed by atoms with Crippen molar-refractivity contribution in [2.24, 2.45) is 0 Å². The Morgan fingerprint density at radius 3 is 2.52 bits per heavy atom. The number of carbonyl (C=O) groups excluding carboxylic acids is 1. The van der Waals surface area contributed by atoms with Crippen molar-refractivity contribution in [3.8, 4) is 0 Å². The minimum atomic E-state index is -4.51. The van der Waals surface area contributed by atoms with Crippen LogP contribution in [0.2, 0.25) is 0 Å². The quantitative estimate of drug-likeness (QED) is 0.783. The number of amides is 1. The van der Waals surface area contributed by atoms with Crippen LogP contribution >= 0.6 is 0 Å². The molecule has 0 fully saturated rings. The van der Waals surface area contributed by atoms with Gasteiger partial charge in [0.2, 0.25) is 0 Å². The molecule has 0 spiro atoms. The topological polar surface area (TPSA) is 80.6 Å². The summed E-state index contributed by atoms with van der Waals surface area (Å²) in [6.45, 7) is 5.02. The van der Waals surface area contributed by atoms with Gasteiger partial charge < -0.3 is 14.4 Å². The van der Waals surface area contributed by atoms with Gasteiger partial charge >= 0.3 is 12.3 Å². The molecule has 156 valence electrons. The highest BCUT2D eigenvalue weighted by molar-refractivity contribution is 5.84. The number of hydrogen-bond donors (Lipinski definition) is 2. The number of aromatic nitrogens is 1. The first-order valence-electron chi connectivity index (χ1n) is 8.96. The first-order chi connectivity index (χ1) is 13.4. The Morgan fingerprint density at radius 2 is 1.90 bits per heavy atom. The van der Waals surface area contributed by atoms with Crippen molar-refractivity contribution >= 4 is 11.8 Å². The van der Waals surface area contributed by atoms with Crippen molar-refractivity contribution in [3.63, 3.8) is 0 Å². The molecule has 2 unspecified atom stereocenters. The average molecular weight is 410 g/mol. The first-order valence-corrected chi connectivity index (χ1v) is 8.96. The molecule has 1 aliphatic heterocycles. The molecule has 1 amide bonds. The van der Waals surface area contributed by atoms with Gasteiger partial charge in [-0.05, 0) is 44.5 Å². The highest BCUT2D eigenvalue weighted by Gasteiger charge is 2.36. The molecule has 6 nitrogen and oxygen atoms in total. The van der Waals surface area contributed by atoms with Crippen LogP contribution in [0.5, 0.6) is 0 Å². The summed E-state index contributed by atoms with van der Waals surface area (Å²) in [5.74, 6) is -0.721. The molecule has 2 N–H and O–H groups in total. The second-order valence-corrected chi connectivity index (χ2v) is 7.89. The Hall–Kier alpha value is -2.81. The maximum absolute atomic E-state index is 13.0. The predicted octanol–water partition coefficient (Wildman–Crippen LogP) is 4.04. The van der Waals surface area contributed by atoms with Crippen molar-refractivity contribution < 1.29 is 27.8 Å². The standard InChI is InChI=1S/C20H21F3N2O4/c1-19(2,3)29-18(28)24-14-7-8-15-16(26)13(10-25(15)17(14)27)11-5-4-6-12(9-11)20(21,22)23/h4-9,13,16,26H,10H2,1-3H3,(H,24,28). The third-order valence-corrected chi connectivity index (χ3v) is 4.55. The fourth-order valence-corrected chi connectivity index (χ4v) is 3.28. The van der Waals surface area contributed by atoms with Gasteiger partial charge in [0.15, 0.2) is 0 Å². The number of hydrogen-bond acceptors (Lipinski definition) is 4. The maximum atomic E-state index is 13.0. The van der Waals surface area contributed by atoms with Gasteiger partial charge in [-0.15, -0.1) is 0 Å². The van der Waals surface area contributed by atoms with Crippen LogP contribution in [0.4, 0.5) is 23.7 Å². The number of nitrogens with one attached hydrogen (secondary N) is 1. The van der Waals surface area contributed by atoms with E-state index in [0.29, 0.717) is 0 Å². The number of pyridine rings is 1. The van der Waals surface area contributed by atoms with Crippen molar-refractivity contribution in [2.75, 3.05) is 5.32 Å². The molecule has 3 rings (SSSR count). The third-order valence-electron chi connectivity index (χ3n) is 4.55. The molecule has 1 aromatic heterocycles. The second-order valence-electron chi connectivity index (χ2n) is 7.89. The smallest absolute Gasteiger partial charge is 0.416 e. The van der Waals surface area contributed by atoms with Crippen LogP contribution in [0.15, 0.2) is 41.2 Å². The number of halogens is 3. The lowest BCUT2D eigenvalue weighted by Gasteiger charge is -2.19. The van der Waals surface area contributed by atoms with E-state index in [0.717, 1.165) is 12.1 Å². The van der Waals surface area contributed by atoms with E-state index in [2.05, 4.69) is 5.32 Å². The largest absolute Gasteiger partial charge is 0.444 e. The maximum Gasteiger partial charge on any atom is 0.416 e. The van der Waals surface area contributed by atoms with Crippen LogP contribution in [-0.2, 0) is 17.5 Å². The molecule has 0 bridgehead atoms. The molecule has 0 saturated heterocycles. The molecule has 2 atom stereocenters. The van der Waals surface area contributed by atoms with Gasteiger partial charge in [0.1, 0.15) is 17.4 Å². The van der Waals surface area contributed by atoms with Gasteiger partial charge in [0.25, 0.3) is 5.56 Å². The van der Waals surface area contributed by atoms with Crippen LogP contribution in [0.3, 0.4) is 0 Å². The molecular weight excluding hydrogens is 389 g/mol. The number of aliphatic hydroxyl groups is 1. The van der Waals surface area contributed by atoms with E-state index in [1.54, 1.807) is 20.8 Å². The van der Waals surface area contributed by atoms with Gasteiger partial charge in [0.05, 0.1) is 11.3 Å². The summed E-state index contributed by atoms with van der Waals surface area (Å²) in [7, 11) is 0. The molecular formula is C20H21F3N2O4. The first kappa shape index (κ1) is 20.9. The molecule has 0 aliphatic carbocycles.